The summed E-state index contributed by atoms with van der Waals surface area (Å²) >= 11 is 0. The highest BCUT2D eigenvalue weighted by molar-refractivity contribution is 8.24. The molecule has 6 nitrogen and oxygen atoms in total. The molecule has 0 bridgehead atoms. The number of nitrogens with zero attached hydrogens (tertiary/aromatic N) is 2. The molecule has 1 aliphatic rings. The van der Waals surface area contributed by atoms with Crippen LogP contribution in [0, 0.1) is 11.3 Å². The van der Waals surface area contributed by atoms with Crippen molar-refractivity contribution in [2.75, 3.05) is 16.6 Å². The van der Waals surface area contributed by atoms with Crippen molar-refractivity contribution in [2.45, 2.75) is 9.79 Å². The maximum atomic E-state index is 13.7. The predicted octanol–water partition coefficient (Wildman–Crippen LogP) is 5.70. The zero-order valence-electron chi connectivity index (χ0n) is 17.4. The van der Waals surface area contributed by atoms with Crippen molar-refractivity contribution in [3.8, 4) is 17.2 Å². The third-order valence-corrected chi connectivity index (χ3v) is 9.43. The van der Waals surface area contributed by atoms with Crippen molar-refractivity contribution in [1.82, 2.24) is 0 Å². The highest BCUT2D eigenvalue weighted by Gasteiger charge is 2.36. The van der Waals surface area contributed by atoms with Gasteiger partial charge in [-0.05, 0) is 58.3 Å². The van der Waals surface area contributed by atoms with E-state index < -0.39 is 20.6 Å². The highest BCUT2D eigenvalue weighted by atomic mass is 32.3. The van der Waals surface area contributed by atoms with E-state index in [1.54, 1.807) is 60.7 Å². The third kappa shape index (κ3) is 3.75. The van der Waals surface area contributed by atoms with Gasteiger partial charge >= 0.3 is 0 Å². The van der Waals surface area contributed by atoms with Gasteiger partial charge in [0.05, 0.1) is 39.4 Å². The predicted molar refractivity (Wildman–Crippen MR) is 131 cm³/mol. The number of benzene rings is 4. The van der Waals surface area contributed by atoms with Gasteiger partial charge in [-0.15, -0.1) is 0 Å². The van der Waals surface area contributed by atoms with Crippen LogP contribution in [0.15, 0.2) is 94.7 Å². The summed E-state index contributed by atoms with van der Waals surface area (Å²) < 4.78 is 49.9. The van der Waals surface area contributed by atoms with Crippen LogP contribution in [0.5, 0.6) is 0 Å². The highest BCUT2D eigenvalue weighted by Crippen LogP contribution is 2.56. The van der Waals surface area contributed by atoms with Gasteiger partial charge in [-0.2, -0.15) is 15.9 Å². The Morgan fingerprint density at radius 3 is 2.27 bits per heavy atom. The fourth-order valence-electron chi connectivity index (χ4n) is 4.05. The summed E-state index contributed by atoms with van der Waals surface area (Å²) in [5, 5.41) is 10.8. The maximum Gasteiger partial charge on any atom is 0.264 e. The average Bonchev–Trinajstić information content (AvgIpc) is 2.83. The molecule has 4 aromatic rings. The lowest BCUT2D eigenvalue weighted by Crippen LogP contribution is -2.38. The van der Waals surface area contributed by atoms with Crippen molar-refractivity contribution < 1.29 is 17.5 Å². The molecular weight excluding hydrogens is 456 g/mol. The van der Waals surface area contributed by atoms with E-state index >= 15 is 0 Å². The van der Waals surface area contributed by atoms with Crippen LogP contribution in [0.4, 0.5) is 5.69 Å². The molecular formula is C25H20N2O4S2. The van der Waals surface area contributed by atoms with Gasteiger partial charge in [-0.25, -0.2) is 8.42 Å². The molecule has 0 saturated heterocycles. The van der Waals surface area contributed by atoms with E-state index in [0.717, 1.165) is 16.3 Å². The van der Waals surface area contributed by atoms with Crippen LogP contribution in [0.1, 0.15) is 5.56 Å². The Hall–Kier alpha value is -3.35. The molecule has 0 atom stereocenters. The van der Waals surface area contributed by atoms with Gasteiger partial charge in [0.15, 0.2) is 0 Å². The van der Waals surface area contributed by atoms with Gasteiger partial charge in [0.2, 0.25) is 0 Å². The first-order chi connectivity index (χ1) is 15.8. The van der Waals surface area contributed by atoms with Gasteiger partial charge < -0.3 is 0 Å². The number of fused-ring (bicyclic) bond motifs is 2. The molecule has 0 spiro atoms. The Morgan fingerprint density at radius 2 is 1.55 bits per heavy atom. The second-order valence-corrected chi connectivity index (χ2v) is 11.9. The molecule has 2 N–H and O–H groups in total. The quantitative estimate of drug-likeness (QED) is 0.395. The Bertz CT molecular complexity index is 1520. The lowest BCUT2D eigenvalue weighted by molar-refractivity contribution is 0.484. The topological polar surface area (TPSA) is 102 Å². The second-order valence-electron chi connectivity index (χ2n) is 7.83. The van der Waals surface area contributed by atoms with E-state index in [9.17, 15) is 17.5 Å². The minimum Gasteiger partial charge on any atom is -0.295 e. The van der Waals surface area contributed by atoms with Crippen LogP contribution < -0.4 is 4.31 Å². The molecule has 166 valence electrons. The van der Waals surface area contributed by atoms with Crippen LogP contribution in [-0.2, 0) is 10.0 Å². The zero-order valence-corrected chi connectivity index (χ0v) is 19.1. The molecule has 1 heterocycles. The Balaban J connectivity index is 1.64. The van der Waals surface area contributed by atoms with Crippen LogP contribution in [-0.4, -0.2) is 29.8 Å². The van der Waals surface area contributed by atoms with Crippen molar-refractivity contribution in [3.05, 3.63) is 90.5 Å². The molecule has 33 heavy (non-hydrogen) atoms. The molecule has 0 unspecified atom stereocenters. The number of hydrogen-bond donors (Lipinski definition) is 2. The van der Waals surface area contributed by atoms with Crippen LogP contribution >= 0.6 is 10.6 Å². The van der Waals surface area contributed by atoms with Gasteiger partial charge in [0.1, 0.15) is 0 Å². The maximum absolute atomic E-state index is 13.7. The number of hydrogen-bond acceptors (Lipinski definition) is 5. The van der Waals surface area contributed by atoms with Crippen LogP contribution in [0.2, 0.25) is 0 Å². The standard InChI is InChI=1S/C25H20N2O4S2/c26-17-18-5-7-20(8-6-18)22-10-12-25-24(16-22)27(13-14-32(25,28)29)33(30,31)23-11-9-19-3-1-2-4-21(19)15-23/h1-12,15-16,28-29H,13-14H2. The summed E-state index contributed by atoms with van der Waals surface area (Å²) in [5.74, 6) is -0.0664. The third-order valence-electron chi connectivity index (χ3n) is 5.82. The molecule has 0 amide bonds. The lowest BCUT2D eigenvalue weighted by Gasteiger charge is -2.42. The number of rotatable bonds is 3. The van der Waals surface area contributed by atoms with E-state index in [0.29, 0.717) is 11.1 Å². The molecule has 4 aromatic carbocycles. The van der Waals surface area contributed by atoms with Crippen molar-refractivity contribution in [3.63, 3.8) is 0 Å². The molecule has 1 aliphatic heterocycles. The molecule has 0 fully saturated rings. The average molecular weight is 477 g/mol. The van der Waals surface area contributed by atoms with E-state index in [2.05, 4.69) is 6.07 Å². The zero-order chi connectivity index (χ0) is 23.2. The van der Waals surface area contributed by atoms with Crippen molar-refractivity contribution in [1.29, 1.82) is 5.26 Å². The first-order valence-corrected chi connectivity index (χ1v) is 13.4. The summed E-state index contributed by atoms with van der Waals surface area (Å²) in [6, 6.07) is 26.5. The minimum atomic E-state index is -3.95. The SMILES string of the molecule is N#Cc1ccc(-c2ccc3c(c2)N(S(=O)(=O)c2ccc4ccccc4c2)CCS3(O)O)cc1. The number of nitriles is 1. The summed E-state index contributed by atoms with van der Waals surface area (Å²) in [6.07, 6.45) is 0. The molecule has 0 aromatic heterocycles. The monoisotopic (exact) mass is 476 g/mol. The molecule has 0 aliphatic carbocycles. The summed E-state index contributed by atoms with van der Waals surface area (Å²) in [4.78, 5) is 0.366. The molecule has 0 radical (unpaired) electrons. The Labute approximate surface area is 193 Å². The van der Waals surface area contributed by atoms with Crippen molar-refractivity contribution >= 4 is 37.1 Å². The molecule has 5 rings (SSSR count). The summed E-state index contributed by atoms with van der Waals surface area (Å²) in [5.41, 5.74) is 2.29. The summed E-state index contributed by atoms with van der Waals surface area (Å²) in [6.45, 7) is -0.0404. The fourth-order valence-corrected chi connectivity index (χ4v) is 7.18. The smallest absolute Gasteiger partial charge is 0.264 e. The Kier molecular flexibility index (Phi) is 5.15. The molecule has 8 heteroatoms. The Morgan fingerprint density at radius 1 is 0.848 bits per heavy atom. The summed E-state index contributed by atoms with van der Waals surface area (Å²) in [7, 11) is -7.06. The normalized spacial score (nSPS) is 16.1. The molecule has 0 saturated carbocycles. The van der Waals surface area contributed by atoms with E-state index in [1.807, 2.05) is 24.3 Å². The largest absolute Gasteiger partial charge is 0.295 e. The van der Waals surface area contributed by atoms with E-state index in [-0.39, 0.29) is 27.8 Å². The van der Waals surface area contributed by atoms with E-state index in [1.165, 1.54) is 4.31 Å². The number of anilines is 1. The minimum absolute atomic E-state index is 0.0404. The van der Waals surface area contributed by atoms with Crippen LogP contribution in [0.3, 0.4) is 0 Å². The van der Waals surface area contributed by atoms with E-state index in [4.69, 9.17) is 5.26 Å². The lowest BCUT2D eigenvalue weighted by atomic mass is 10.0. The van der Waals surface area contributed by atoms with Crippen LogP contribution in [0.25, 0.3) is 21.9 Å². The van der Waals surface area contributed by atoms with Gasteiger partial charge in [0.25, 0.3) is 10.0 Å². The van der Waals surface area contributed by atoms with Gasteiger partial charge in [-0.1, -0.05) is 48.5 Å². The number of sulfonamides is 1. The van der Waals surface area contributed by atoms with Gasteiger partial charge in [0, 0.05) is 0 Å². The first-order valence-electron chi connectivity index (χ1n) is 10.2. The second kappa shape index (κ2) is 7.90. The van der Waals surface area contributed by atoms with Gasteiger partial charge in [-0.3, -0.25) is 13.4 Å². The van der Waals surface area contributed by atoms with Crippen molar-refractivity contribution in [2.24, 2.45) is 0 Å². The first kappa shape index (κ1) is 21.5. The fraction of sp³-hybridized carbons (Fsp3) is 0.0800.